The molecule has 0 saturated heterocycles. The molecule has 0 aliphatic rings. The van der Waals surface area contributed by atoms with Crippen molar-refractivity contribution in [3.63, 3.8) is 0 Å². The number of nitro groups is 1. The summed E-state index contributed by atoms with van der Waals surface area (Å²) in [4.78, 5) is 31.0. The van der Waals surface area contributed by atoms with Crippen molar-refractivity contribution in [2.75, 3.05) is 5.32 Å². The Morgan fingerprint density at radius 2 is 1.80 bits per heavy atom. The molecule has 0 unspecified atom stereocenters. The van der Waals surface area contributed by atoms with Gasteiger partial charge in [-0.25, -0.2) is 9.97 Å². The molecule has 10 heteroatoms. The SMILES string of the molecule is O=C(/C=C/c1ccc(-c2cnco2)cc1)Nc1ccc(-c2nc3ccc([N+](=O)[O-])cc3n2O)cc1. The summed E-state index contributed by atoms with van der Waals surface area (Å²) in [7, 11) is 0. The van der Waals surface area contributed by atoms with Gasteiger partial charge in [0.1, 0.15) is 5.52 Å². The summed E-state index contributed by atoms with van der Waals surface area (Å²) in [6, 6.07) is 18.3. The van der Waals surface area contributed by atoms with Crippen LogP contribution in [0.5, 0.6) is 0 Å². The van der Waals surface area contributed by atoms with Crippen LogP contribution >= 0.6 is 0 Å². The number of rotatable bonds is 6. The topological polar surface area (TPSA) is 136 Å². The molecule has 35 heavy (non-hydrogen) atoms. The Kier molecular flexibility index (Phi) is 5.52. The molecule has 0 aliphatic heterocycles. The molecule has 5 rings (SSSR count). The fourth-order valence-electron chi connectivity index (χ4n) is 3.53. The molecule has 10 nitrogen and oxygen atoms in total. The van der Waals surface area contributed by atoms with E-state index in [1.54, 1.807) is 36.5 Å². The van der Waals surface area contributed by atoms with Crippen molar-refractivity contribution in [2.24, 2.45) is 0 Å². The molecule has 0 bridgehead atoms. The number of aromatic nitrogens is 3. The molecule has 5 aromatic rings. The van der Waals surface area contributed by atoms with Crippen molar-refractivity contribution < 1.29 is 19.3 Å². The van der Waals surface area contributed by atoms with E-state index >= 15 is 0 Å². The van der Waals surface area contributed by atoms with Crippen molar-refractivity contribution in [3.8, 4) is 22.7 Å². The summed E-state index contributed by atoms with van der Waals surface area (Å²) in [5, 5.41) is 24.2. The number of fused-ring (bicyclic) bond motifs is 1. The molecule has 2 aromatic heterocycles. The van der Waals surface area contributed by atoms with Gasteiger partial charge in [0.15, 0.2) is 18.0 Å². The second-order valence-corrected chi connectivity index (χ2v) is 7.56. The van der Waals surface area contributed by atoms with Gasteiger partial charge in [0.05, 0.1) is 16.6 Å². The highest BCUT2D eigenvalue weighted by Gasteiger charge is 2.16. The third kappa shape index (κ3) is 4.48. The number of nitrogens with zero attached hydrogens (tertiary/aromatic N) is 4. The van der Waals surface area contributed by atoms with Crippen molar-refractivity contribution in [1.29, 1.82) is 0 Å². The number of nitro benzene ring substituents is 1. The number of amides is 1. The molecule has 0 aliphatic carbocycles. The largest absolute Gasteiger partial charge is 0.444 e. The number of imidazole rings is 1. The Balaban J connectivity index is 1.26. The molecular formula is C25H17N5O5. The number of carbonyl (C=O) groups is 1. The molecule has 0 spiro atoms. The smallest absolute Gasteiger partial charge is 0.271 e. The third-order valence-electron chi connectivity index (χ3n) is 5.29. The molecule has 3 aromatic carbocycles. The number of hydrogen-bond donors (Lipinski definition) is 2. The molecule has 0 fully saturated rings. The van der Waals surface area contributed by atoms with E-state index in [2.05, 4.69) is 15.3 Å². The molecule has 172 valence electrons. The Hall–Kier alpha value is -5.25. The van der Waals surface area contributed by atoms with E-state index in [-0.39, 0.29) is 22.9 Å². The Bertz CT molecular complexity index is 1550. The number of anilines is 1. The van der Waals surface area contributed by atoms with Crippen molar-refractivity contribution in [1.82, 2.24) is 14.7 Å². The van der Waals surface area contributed by atoms with Crippen molar-refractivity contribution >= 4 is 34.4 Å². The predicted octanol–water partition coefficient (Wildman–Crippen LogP) is 5.16. The zero-order chi connectivity index (χ0) is 24.4. The van der Waals surface area contributed by atoms with Gasteiger partial charge in [0, 0.05) is 35.0 Å². The first kappa shape index (κ1) is 21.6. The van der Waals surface area contributed by atoms with Crippen LogP contribution in [0.25, 0.3) is 39.8 Å². The van der Waals surface area contributed by atoms with Gasteiger partial charge in [-0.05, 0) is 42.0 Å². The zero-order valence-corrected chi connectivity index (χ0v) is 18.0. The maximum Gasteiger partial charge on any atom is 0.271 e. The monoisotopic (exact) mass is 467 g/mol. The van der Waals surface area contributed by atoms with Gasteiger partial charge < -0.3 is 14.9 Å². The minimum Gasteiger partial charge on any atom is -0.444 e. The minimum atomic E-state index is -0.536. The first-order chi connectivity index (χ1) is 17.0. The fraction of sp³-hybridized carbons (Fsp3) is 0. The van der Waals surface area contributed by atoms with Gasteiger partial charge in [-0.2, -0.15) is 4.73 Å². The zero-order valence-electron chi connectivity index (χ0n) is 18.0. The van der Waals surface area contributed by atoms with Crippen LogP contribution in [0.2, 0.25) is 0 Å². The minimum absolute atomic E-state index is 0.142. The highest BCUT2D eigenvalue weighted by Crippen LogP contribution is 2.27. The van der Waals surface area contributed by atoms with Gasteiger partial charge >= 0.3 is 0 Å². The van der Waals surface area contributed by atoms with Crippen LogP contribution in [0.3, 0.4) is 0 Å². The Morgan fingerprint density at radius 3 is 2.49 bits per heavy atom. The van der Waals surface area contributed by atoms with E-state index < -0.39 is 4.92 Å². The molecule has 2 heterocycles. The maximum atomic E-state index is 12.3. The summed E-state index contributed by atoms with van der Waals surface area (Å²) in [5.41, 5.74) is 3.37. The predicted molar refractivity (Wildman–Crippen MR) is 129 cm³/mol. The first-order valence-corrected chi connectivity index (χ1v) is 10.4. The lowest BCUT2D eigenvalue weighted by Crippen LogP contribution is -2.07. The summed E-state index contributed by atoms with van der Waals surface area (Å²) < 4.78 is 6.07. The Labute approximate surface area is 197 Å². The van der Waals surface area contributed by atoms with Crippen LogP contribution in [0.4, 0.5) is 11.4 Å². The van der Waals surface area contributed by atoms with Crippen LogP contribution in [0.1, 0.15) is 5.56 Å². The van der Waals surface area contributed by atoms with Crippen molar-refractivity contribution in [2.45, 2.75) is 0 Å². The van der Waals surface area contributed by atoms with E-state index in [1.165, 1.54) is 30.7 Å². The highest BCUT2D eigenvalue weighted by atomic mass is 16.6. The lowest BCUT2D eigenvalue weighted by molar-refractivity contribution is -0.384. The second kappa shape index (κ2) is 8.94. The quantitative estimate of drug-likeness (QED) is 0.152. The maximum absolute atomic E-state index is 12.3. The molecule has 0 atom stereocenters. The normalized spacial score (nSPS) is 11.2. The van der Waals surface area contributed by atoms with Crippen LogP contribution in [-0.4, -0.2) is 30.7 Å². The van der Waals surface area contributed by atoms with Crippen LogP contribution in [0, 0.1) is 10.1 Å². The summed E-state index contributed by atoms with van der Waals surface area (Å²) in [6.07, 6.45) is 6.12. The standard InChI is InChI=1S/C25H17N5O5/c31-24(12-3-16-1-4-17(5-2-16)23-14-26-15-35-23)27-19-8-6-18(7-9-19)25-28-21-11-10-20(30(33)34)13-22(21)29(25)32/h1-15,32H,(H,27,31)/b12-3+. The van der Waals surface area contributed by atoms with E-state index in [1.807, 2.05) is 24.3 Å². The lowest BCUT2D eigenvalue weighted by atomic mass is 10.1. The van der Waals surface area contributed by atoms with Crippen LogP contribution < -0.4 is 5.32 Å². The van der Waals surface area contributed by atoms with E-state index in [0.29, 0.717) is 22.5 Å². The number of carbonyl (C=O) groups excluding carboxylic acids is 1. The average Bonchev–Trinajstić information content (AvgIpc) is 3.52. The van der Waals surface area contributed by atoms with Gasteiger partial charge in [0.2, 0.25) is 5.91 Å². The second-order valence-electron chi connectivity index (χ2n) is 7.56. The highest BCUT2D eigenvalue weighted by molar-refractivity contribution is 6.02. The molecule has 0 saturated carbocycles. The van der Waals surface area contributed by atoms with Gasteiger partial charge in [-0.15, -0.1) is 0 Å². The third-order valence-corrected chi connectivity index (χ3v) is 5.29. The van der Waals surface area contributed by atoms with E-state index in [0.717, 1.165) is 15.9 Å². The molecule has 0 radical (unpaired) electrons. The number of nitrogens with one attached hydrogen (secondary N) is 1. The van der Waals surface area contributed by atoms with Gasteiger partial charge in [-0.3, -0.25) is 14.9 Å². The van der Waals surface area contributed by atoms with Gasteiger partial charge in [-0.1, -0.05) is 24.3 Å². The average molecular weight is 467 g/mol. The lowest BCUT2D eigenvalue weighted by Gasteiger charge is -2.05. The van der Waals surface area contributed by atoms with Crippen molar-refractivity contribution in [3.05, 3.63) is 101 Å². The number of benzene rings is 3. The number of non-ortho nitro benzene ring substituents is 1. The first-order valence-electron chi connectivity index (χ1n) is 10.4. The summed E-state index contributed by atoms with van der Waals surface area (Å²) >= 11 is 0. The summed E-state index contributed by atoms with van der Waals surface area (Å²) in [6.45, 7) is 0. The molecule has 1 amide bonds. The molecule has 2 N–H and O–H groups in total. The Morgan fingerprint density at radius 1 is 1.06 bits per heavy atom. The van der Waals surface area contributed by atoms with Gasteiger partial charge in [0.25, 0.3) is 5.69 Å². The number of hydrogen-bond acceptors (Lipinski definition) is 7. The fourth-order valence-corrected chi connectivity index (χ4v) is 3.53. The van der Waals surface area contributed by atoms with Crippen LogP contribution in [0.15, 0.2) is 89.8 Å². The summed E-state index contributed by atoms with van der Waals surface area (Å²) in [5.74, 6) is 0.589. The number of oxazole rings is 1. The van der Waals surface area contributed by atoms with Crippen LogP contribution in [-0.2, 0) is 4.79 Å². The van der Waals surface area contributed by atoms with E-state index in [4.69, 9.17) is 4.42 Å². The molecular weight excluding hydrogens is 450 g/mol. The van der Waals surface area contributed by atoms with E-state index in [9.17, 15) is 20.1 Å².